The van der Waals surface area contributed by atoms with E-state index in [1.165, 1.54) is 41.5 Å². The van der Waals surface area contributed by atoms with Crippen molar-refractivity contribution in [3.8, 4) is 0 Å². The Hall–Kier alpha value is -1.24. The average Bonchev–Trinajstić information content (AvgIpc) is 3.15. The van der Waals surface area contributed by atoms with E-state index in [4.69, 9.17) is 0 Å². The Kier molecular flexibility index (Phi) is 5.17. The molecular weight excluding hydrogens is 344 g/mol. The lowest BCUT2D eigenvalue weighted by atomic mass is 9.90. The monoisotopic (exact) mass is 374 g/mol. The van der Waals surface area contributed by atoms with Gasteiger partial charge in [0.2, 0.25) is 0 Å². The van der Waals surface area contributed by atoms with Crippen molar-refractivity contribution in [3.63, 3.8) is 0 Å². The van der Waals surface area contributed by atoms with Crippen LogP contribution in [-0.4, -0.2) is 52.3 Å². The van der Waals surface area contributed by atoms with Gasteiger partial charge in [-0.2, -0.15) is 0 Å². The SMILES string of the molecule is C[C@@H](O)C[C@H]1CCc2sc3ncnc(N[C@H]4CC[C@H](N(C)C)CC4)c3c21. The number of hydrogen-bond acceptors (Lipinski definition) is 6. The molecule has 2 N–H and O–H groups in total. The van der Waals surface area contributed by atoms with Gasteiger partial charge in [-0.15, -0.1) is 11.3 Å². The van der Waals surface area contributed by atoms with Crippen LogP contribution < -0.4 is 5.32 Å². The molecule has 2 aromatic rings. The summed E-state index contributed by atoms with van der Waals surface area (Å²) in [5.41, 5.74) is 1.41. The van der Waals surface area contributed by atoms with Gasteiger partial charge in [0.05, 0.1) is 11.5 Å². The van der Waals surface area contributed by atoms with Gasteiger partial charge in [0, 0.05) is 17.0 Å². The van der Waals surface area contributed by atoms with E-state index in [0.717, 1.165) is 29.9 Å². The number of anilines is 1. The molecule has 5 nitrogen and oxygen atoms in total. The van der Waals surface area contributed by atoms with E-state index in [1.807, 2.05) is 18.3 Å². The number of aryl methyl sites for hydroxylation is 1. The highest BCUT2D eigenvalue weighted by Crippen LogP contribution is 2.47. The maximum Gasteiger partial charge on any atom is 0.138 e. The smallest absolute Gasteiger partial charge is 0.138 e. The molecule has 0 saturated heterocycles. The van der Waals surface area contributed by atoms with Gasteiger partial charge in [0.25, 0.3) is 0 Å². The van der Waals surface area contributed by atoms with Crippen molar-refractivity contribution in [2.45, 2.75) is 76.0 Å². The number of aliphatic hydroxyl groups is 1. The molecule has 2 aromatic heterocycles. The molecule has 0 aromatic carbocycles. The molecule has 0 amide bonds. The van der Waals surface area contributed by atoms with Crippen LogP contribution in [0.1, 0.15) is 61.8 Å². The van der Waals surface area contributed by atoms with Crippen LogP contribution in [0.25, 0.3) is 10.2 Å². The first-order valence-electron chi connectivity index (χ1n) is 9.90. The lowest BCUT2D eigenvalue weighted by Crippen LogP contribution is -2.36. The summed E-state index contributed by atoms with van der Waals surface area (Å²) in [5.74, 6) is 1.45. The molecule has 1 fully saturated rings. The van der Waals surface area contributed by atoms with Gasteiger partial charge < -0.3 is 15.3 Å². The molecule has 0 radical (unpaired) electrons. The normalized spacial score (nSPS) is 27.0. The lowest BCUT2D eigenvalue weighted by molar-refractivity contribution is 0.174. The number of nitrogens with zero attached hydrogens (tertiary/aromatic N) is 3. The zero-order valence-corrected chi connectivity index (χ0v) is 16.9. The molecule has 2 atom stereocenters. The number of aliphatic hydroxyl groups excluding tert-OH is 1. The summed E-state index contributed by atoms with van der Waals surface area (Å²) in [6, 6.07) is 1.20. The van der Waals surface area contributed by atoms with Crippen LogP contribution in [0, 0.1) is 0 Å². The number of aromatic nitrogens is 2. The molecule has 2 aliphatic rings. The molecule has 1 saturated carbocycles. The molecule has 0 bridgehead atoms. The van der Waals surface area contributed by atoms with Crippen LogP contribution >= 0.6 is 11.3 Å². The number of fused-ring (bicyclic) bond motifs is 3. The largest absolute Gasteiger partial charge is 0.393 e. The van der Waals surface area contributed by atoms with Crippen LogP contribution in [0.5, 0.6) is 0 Å². The lowest BCUT2D eigenvalue weighted by Gasteiger charge is -2.33. The van der Waals surface area contributed by atoms with Gasteiger partial charge in [-0.05, 0) is 77.4 Å². The third kappa shape index (κ3) is 3.47. The quantitative estimate of drug-likeness (QED) is 0.834. The van der Waals surface area contributed by atoms with Gasteiger partial charge in [-0.1, -0.05) is 0 Å². The van der Waals surface area contributed by atoms with E-state index in [9.17, 15) is 5.11 Å². The Morgan fingerprint density at radius 3 is 2.69 bits per heavy atom. The summed E-state index contributed by atoms with van der Waals surface area (Å²) < 4.78 is 0. The van der Waals surface area contributed by atoms with E-state index in [2.05, 4.69) is 34.3 Å². The molecule has 142 valence electrons. The third-order valence-corrected chi connectivity index (χ3v) is 7.30. The van der Waals surface area contributed by atoms with Crippen molar-refractivity contribution in [2.24, 2.45) is 0 Å². The second-order valence-electron chi connectivity index (χ2n) is 8.28. The fraction of sp³-hybridized carbons (Fsp3) is 0.700. The van der Waals surface area contributed by atoms with Gasteiger partial charge in [0.15, 0.2) is 0 Å². The highest BCUT2D eigenvalue weighted by Gasteiger charge is 2.31. The van der Waals surface area contributed by atoms with Crippen molar-refractivity contribution in [3.05, 3.63) is 16.8 Å². The summed E-state index contributed by atoms with van der Waals surface area (Å²) in [7, 11) is 4.37. The summed E-state index contributed by atoms with van der Waals surface area (Å²) in [5, 5.41) is 14.9. The molecule has 0 aliphatic heterocycles. The van der Waals surface area contributed by atoms with Crippen LogP contribution in [0.4, 0.5) is 5.82 Å². The predicted octanol–water partition coefficient (Wildman–Crippen LogP) is 3.78. The Morgan fingerprint density at radius 1 is 1.23 bits per heavy atom. The summed E-state index contributed by atoms with van der Waals surface area (Å²) in [4.78, 5) is 14.1. The van der Waals surface area contributed by atoms with Crippen LogP contribution in [-0.2, 0) is 6.42 Å². The zero-order chi connectivity index (χ0) is 18.3. The van der Waals surface area contributed by atoms with Gasteiger partial charge >= 0.3 is 0 Å². The molecule has 26 heavy (non-hydrogen) atoms. The molecule has 2 aliphatic carbocycles. The minimum absolute atomic E-state index is 0.261. The number of hydrogen-bond donors (Lipinski definition) is 2. The van der Waals surface area contributed by atoms with Gasteiger partial charge in [0.1, 0.15) is 17.0 Å². The van der Waals surface area contributed by atoms with Crippen molar-refractivity contribution in [2.75, 3.05) is 19.4 Å². The topological polar surface area (TPSA) is 61.3 Å². The minimum Gasteiger partial charge on any atom is -0.393 e. The Morgan fingerprint density at radius 2 is 2.00 bits per heavy atom. The van der Waals surface area contributed by atoms with Crippen LogP contribution in [0.15, 0.2) is 6.33 Å². The van der Waals surface area contributed by atoms with E-state index in [-0.39, 0.29) is 6.10 Å². The number of rotatable bonds is 5. The first-order chi connectivity index (χ1) is 12.5. The Bertz CT molecular complexity index is 765. The maximum absolute atomic E-state index is 9.90. The van der Waals surface area contributed by atoms with Crippen molar-refractivity contribution in [1.29, 1.82) is 0 Å². The standard InChI is InChI=1S/C20H30N4OS/c1-12(25)10-13-4-9-16-17(13)18-19(21-11-22-20(18)26-16)23-14-5-7-15(8-6-14)24(2)3/h11-15,25H,4-10H2,1-3H3,(H,21,22,23)/t12-,13-,14-,15-/m1/s1. The molecular formula is C20H30N4OS. The Balaban J connectivity index is 1.58. The first-order valence-corrected chi connectivity index (χ1v) is 10.7. The fourth-order valence-electron chi connectivity index (χ4n) is 4.75. The van der Waals surface area contributed by atoms with E-state index < -0.39 is 0 Å². The third-order valence-electron chi connectivity index (χ3n) is 6.12. The minimum atomic E-state index is -0.261. The van der Waals surface area contributed by atoms with Gasteiger partial charge in [-0.25, -0.2) is 9.97 Å². The average molecular weight is 375 g/mol. The second-order valence-corrected chi connectivity index (χ2v) is 9.36. The summed E-state index contributed by atoms with van der Waals surface area (Å²) >= 11 is 1.82. The molecule has 0 spiro atoms. The second kappa shape index (κ2) is 7.41. The number of nitrogens with one attached hydrogen (secondary N) is 1. The fourth-order valence-corrected chi connectivity index (χ4v) is 6.00. The van der Waals surface area contributed by atoms with E-state index >= 15 is 0 Å². The highest BCUT2D eigenvalue weighted by atomic mass is 32.1. The maximum atomic E-state index is 9.90. The Labute approximate surface area is 159 Å². The molecule has 2 heterocycles. The molecule has 4 rings (SSSR count). The first kappa shape index (κ1) is 18.1. The van der Waals surface area contributed by atoms with Crippen molar-refractivity contribution >= 4 is 27.4 Å². The van der Waals surface area contributed by atoms with Gasteiger partial charge in [-0.3, -0.25) is 0 Å². The summed E-state index contributed by atoms with van der Waals surface area (Å²) in [6.45, 7) is 1.89. The summed E-state index contributed by atoms with van der Waals surface area (Å²) in [6.07, 6.45) is 9.40. The van der Waals surface area contributed by atoms with Crippen molar-refractivity contribution < 1.29 is 5.11 Å². The van der Waals surface area contributed by atoms with Crippen LogP contribution in [0.3, 0.4) is 0 Å². The van der Waals surface area contributed by atoms with E-state index in [1.54, 1.807) is 6.33 Å². The van der Waals surface area contributed by atoms with E-state index in [0.29, 0.717) is 18.0 Å². The van der Waals surface area contributed by atoms with Crippen molar-refractivity contribution in [1.82, 2.24) is 14.9 Å². The molecule has 0 unspecified atom stereocenters. The zero-order valence-electron chi connectivity index (χ0n) is 16.0. The van der Waals surface area contributed by atoms with Crippen LogP contribution in [0.2, 0.25) is 0 Å². The molecule has 6 heteroatoms. The highest BCUT2D eigenvalue weighted by molar-refractivity contribution is 7.19. The predicted molar refractivity (Wildman–Crippen MR) is 108 cm³/mol. The number of thiophene rings is 1.